The average molecular weight is 265 g/mol. The molecule has 0 amide bonds. The van der Waals surface area contributed by atoms with Crippen LogP contribution in [0.2, 0.25) is 0 Å². The van der Waals surface area contributed by atoms with E-state index in [0.717, 1.165) is 35.5 Å². The number of hydrogen-bond donors (Lipinski definition) is 1. The highest BCUT2D eigenvalue weighted by Gasteiger charge is 2.10. The third-order valence-electron chi connectivity index (χ3n) is 3.76. The number of aryl methyl sites for hydroxylation is 2. The molecule has 1 heterocycles. The van der Waals surface area contributed by atoms with Crippen LogP contribution in [-0.4, -0.2) is 9.55 Å². The fourth-order valence-electron chi connectivity index (χ4n) is 2.60. The van der Waals surface area contributed by atoms with Crippen molar-refractivity contribution in [1.29, 1.82) is 0 Å². The van der Waals surface area contributed by atoms with Gasteiger partial charge >= 0.3 is 0 Å². The van der Waals surface area contributed by atoms with Gasteiger partial charge in [0.15, 0.2) is 0 Å². The maximum absolute atomic E-state index is 5.85. The lowest BCUT2D eigenvalue weighted by Crippen LogP contribution is -2.05. The standard InChI is InChI=1S/C17H19N3/c1-3-17-19-15-10-14(18)8-9-16(15)20(17)11-13-7-5-4-6-12(13)2/h4-10H,3,11,18H2,1-2H3. The molecule has 0 saturated carbocycles. The van der Waals surface area contributed by atoms with Crippen LogP contribution in [0, 0.1) is 6.92 Å². The van der Waals surface area contributed by atoms with E-state index in [9.17, 15) is 0 Å². The predicted octanol–water partition coefficient (Wildman–Crippen LogP) is 3.54. The van der Waals surface area contributed by atoms with E-state index in [4.69, 9.17) is 10.7 Å². The Balaban J connectivity index is 2.12. The Bertz CT molecular complexity index is 756. The van der Waals surface area contributed by atoms with Gasteiger partial charge in [0.2, 0.25) is 0 Å². The molecule has 3 nitrogen and oxygen atoms in total. The third-order valence-corrected chi connectivity index (χ3v) is 3.76. The molecule has 3 heteroatoms. The number of fused-ring (bicyclic) bond motifs is 1. The molecule has 2 aromatic carbocycles. The second-order valence-corrected chi connectivity index (χ2v) is 5.14. The van der Waals surface area contributed by atoms with Gasteiger partial charge in [0.25, 0.3) is 0 Å². The van der Waals surface area contributed by atoms with Gasteiger partial charge in [0.05, 0.1) is 11.0 Å². The Morgan fingerprint density at radius 1 is 1.15 bits per heavy atom. The summed E-state index contributed by atoms with van der Waals surface area (Å²) in [5, 5.41) is 0. The first-order chi connectivity index (χ1) is 9.69. The highest BCUT2D eigenvalue weighted by atomic mass is 15.1. The normalized spacial score (nSPS) is 11.1. The molecular weight excluding hydrogens is 246 g/mol. The van der Waals surface area contributed by atoms with Crippen LogP contribution in [0.3, 0.4) is 0 Å². The minimum Gasteiger partial charge on any atom is -0.399 e. The number of rotatable bonds is 3. The fourth-order valence-corrected chi connectivity index (χ4v) is 2.60. The van der Waals surface area contributed by atoms with Crippen molar-refractivity contribution in [1.82, 2.24) is 9.55 Å². The van der Waals surface area contributed by atoms with Crippen molar-refractivity contribution in [2.45, 2.75) is 26.8 Å². The largest absolute Gasteiger partial charge is 0.399 e. The number of benzene rings is 2. The molecular formula is C17H19N3. The molecule has 0 radical (unpaired) electrons. The molecule has 0 saturated heterocycles. The maximum Gasteiger partial charge on any atom is 0.109 e. The van der Waals surface area contributed by atoms with E-state index >= 15 is 0 Å². The van der Waals surface area contributed by atoms with Gasteiger partial charge < -0.3 is 10.3 Å². The highest BCUT2D eigenvalue weighted by molar-refractivity contribution is 5.79. The summed E-state index contributed by atoms with van der Waals surface area (Å²) < 4.78 is 2.29. The lowest BCUT2D eigenvalue weighted by Gasteiger charge is -2.10. The average Bonchev–Trinajstić information content (AvgIpc) is 2.78. The van der Waals surface area contributed by atoms with Crippen molar-refractivity contribution in [3.05, 3.63) is 59.4 Å². The Morgan fingerprint density at radius 2 is 1.95 bits per heavy atom. The Hall–Kier alpha value is -2.29. The van der Waals surface area contributed by atoms with E-state index < -0.39 is 0 Å². The predicted molar refractivity (Wildman–Crippen MR) is 83.8 cm³/mol. The molecule has 0 bridgehead atoms. The first kappa shape index (κ1) is 12.7. The topological polar surface area (TPSA) is 43.8 Å². The zero-order valence-electron chi connectivity index (χ0n) is 11.9. The molecule has 0 aliphatic carbocycles. The van der Waals surface area contributed by atoms with Crippen LogP contribution < -0.4 is 5.73 Å². The molecule has 0 aliphatic rings. The summed E-state index contributed by atoms with van der Waals surface area (Å²) >= 11 is 0. The summed E-state index contributed by atoms with van der Waals surface area (Å²) in [6, 6.07) is 14.4. The molecule has 0 atom stereocenters. The number of anilines is 1. The van der Waals surface area contributed by atoms with Crippen molar-refractivity contribution in [3.8, 4) is 0 Å². The van der Waals surface area contributed by atoms with Crippen LogP contribution in [0.5, 0.6) is 0 Å². The SMILES string of the molecule is CCc1nc2cc(N)ccc2n1Cc1ccccc1C. The molecule has 0 aliphatic heterocycles. The molecule has 0 fully saturated rings. The van der Waals surface area contributed by atoms with E-state index in [0.29, 0.717) is 0 Å². The van der Waals surface area contributed by atoms with Crippen LogP contribution in [0.4, 0.5) is 5.69 Å². The minimum atomic E-state index is 0.765. The third kappa shape index (κ3) is 2.16. The van der Waals surface area contributed by atoms with Crippen LogP contribution in [-0.2, 0) is 13.0 Å². The Morgan fingerprint density at radius 3 is 2.70 bits per heavy atom. The summed E-state index contributed by atoms with van der Waals surface area (Å²) in [7, 11) is 0. The van der Waals surface area contributed by atoms with Gasteiger partial charge in [-0.3, -0.25) is 0 Å². The van der Waals surface area contributed by atoms with Crippen molar-refractivity contribution in [3.63, 3.8) is 0 Å². The molecule has 3 rings (SSSR count). The number of nitrogens with two attached hydrogens (primary N) is 1. The van der Waals surface area contributed by atoms with Crippen molar-refractivity contribution < 1.29 is 0 Å². The number of hydrogen-bond acceptors (Lipinski definition) is 2. The zero-order valence-corrected chi connectivity index (χ0v) is 11.9. The Labute approximate surface area is 119 Å². The molecule has 102 valence electrons. The van der Waals surface area contributed by atoms with Crippen molar-refractivity contribution in [2.75, 3.05) is 5.73 Å². The smallest absolute Gasteiger partial charge is 0.109 e. The lowest BCUT2D eigenvalue weighted by molar-refractivity contribution is 0.750. The summed E-state index contributed by atoms with van der Waals surface area (Å²) in [4.78, 5) is 4.70. The van der Waals surface area contributed by atoms with Crippen LogP contribution >= 0.6 is 0 Å². The van der Waals surface area contributed by atoms with E-state index in [1.165, 1.54) is 11.1 Å². The molecule has 2 N–H and O–H groups in total. The number of imidazole rings is 1. The number of nitrogen functional groups attached to an aromatic ring is 1. The van der Waals surface area contributed by atoms with E-state index in [1.807, 2.05) is 12.1 Å². The second-order valence-electron chi connectivity index (χ2n) is 5.14. The van der Waals surface area contributed by atoms with Gasteiger partial charge in [-0.15, -0.1) is 0 Å². The maximum atomic E-state index is 5.85. The van der Waals surface area contributed by atoms with Crippen molar-refractivity contribution >= 4 is 16.7 Å². The summed E-state index contributed by atoms with van der Waals surface area (Å²) in [6.07, 6.45) is 0.917. The zero-order chi connectivity index (χ0) is 14.1. The molecule has 20 heavy (non-hydrogen) atoms. The summed E-state index contributed by atoms with van der Waals surface area (Å²) in [6.45, 7) is 5.15. The highest BCUT2D eigenvalue weighted by Crippen LogP contribution is 2.21. The van der Waals surface area contributed by atoms with Gasteiger partial charge in [0, 0.05) is 18.7 Å². The summed E-state index contributed by atoms with van der Waals surface area (Å²) in [5.41, 5.74) is 11.4. The van der Waals surface area contributed by atoms with E-state index in [2.05, 4.69) is 48.7 Å². The van der Waals surface area contributed by atoms with E-state index in [-0.39, 0.29) is 0 Å². The van der Waals surface area contributed by atoms with Gasteiger partial charge in [-0.05, 0) is 36.2 Å². The fraction of sp³-hybridized carbons (Fsp3) is 0.235. The first-order valence-corrected chi connectivity index (χ1v) is 6.98. The number of aromatic nitrogens is 2. The van der Waals surface area contributed by atoms with Crippen molar-refractivity contribution in [2.24, 2.45) is 0 Å². The Kier molecular flexibility index (Phi) is 3.18. The monoisotopic (exact) mass is 265 g/mol. The molecule has 1 aromatic heterocycles. The molecule has 3 aromatic rings. The van der Waals surface area contributed by atoms with Gasteiger partial charge in [0.1, 0.15) is 5.82 Å². The van der Waals surface area contributed by atoms with Crippen LogP contribution in [0.15, 0.2) is 42.5 Å². The second kappa shape index (κ2) is 5.00. The summed E-state index contributed by atoms with van der Waals surface area (Å²) in [5.74, 6) is 1.11. The molecule has 0 unspecified atom stereocenters. The lowest BCUT2D eigenvalue weighted by atomic mass is 10.1. The van der Waals surface area contributed by atoms with Crippen LogP contribution in [0.1, 0.15) is 23.9 Å². The first-order valence-electron chi connectivity index (χ1n) is 6.98. The van der Waals surface area contributed by atoms with Gasteiger partial charge in [-0.1, -0.05) is 31.2 Å². The minimum absolute atomic E-state index is 0.765. The van der Waals surface area contributed by atoms with Crippen LogP contribution in [0.25, 0.3) is 11.0 Å². The number of nitrogens with zero attached hydrogens (tertiary/aromatic N) is 2. The quantitative estimate of drug-likeness (QED) is 0.736. The molecule has 0 spiro atoms. The van der Waals surface area contributed by atoms with E-state index in [1.54, 1.807) is 0 Å². The van der Waals surface area contributed by atoms with Gasteiger partial charge in [-0.25, -0.2) is 4.98 Å². The van der Waals surface area contributed by atoms with Gasteiger partial charge in [-0.2, -0.15) is 0 Å².